The van der Waals surface area contributed by atoms with E-state index in [-0.39, 0.29) is 25.0 Å². The van der Waals surface area contributed by atoms with Crippen molar-refractivity contribution in [3.8, 4) is 12.1 Å². The zero-order chi connectivity index (χ0) is 18.9. The highest BCUT2D eigenvalue weighted by Gasteiger charge is 2.24. The van der Waals surface area contributed by atoms with E-state index < -0.39 is 0 Å². The molecule has 26 heavy (non-hydrogen) atoms. The molecule has 0 N–H and O–H groups in total. The molecule has 1 atom stereocenters. The van der Waals surface area contributed by atoms with Crippen molar-refractivity contribution in [3.05, 3.63) is 34.9 Å². The molecule has 1 aliphatic heterocycles. The third kappa shape index (κ3) is 5.44. The normalized spacial score (nSPS) is 16.5. The first kappa shape index (κ1) is 20.2. The van der Waals surface area contributed by atoms with Crippen molar-refractivity contribution in [1.29, 1.82) is 10.5 Å². The monoisotopic (exact) mass is 373 g/mol. The van der Waals surface area contributed by atoms with Crippen LogP contribution in [-0.4, -0.2) is 66.4 Å². The van der Waals surface area contributed by atoms with Gasteiger partial charge in [0, 0.05) is 50.2 Å². The van der Waals surface area contributed by atoms with E-state index in [1.165, 1.54) is 4.90 Å². The summed E-state index contributed by atoms with van der Waals surface area (Å²) in [5.41, 5.74) is 1.14. The predicted octanol–water partition coefficient (Wildman–Crippen LogP) is 2.28. The van der Waals surface area contributed by atoms with E-state index in [1.807, 2.05) is 30.3 Å². The molecule has 0 saturated carbocycles. The van der Waals surface area contributed by atoms with Crippen LogP contribution in [0.3, 0.4) is 0 Å². The van der Waals surface area contributed by atoms with E-state index in [9.17, 15) is 4.79 Å². The smallest absolute Gasteiger partial charge is 0.225 e. The second-order valence-corrected chi connectivity index (χ2v) is 6.80. The van der Waals surface area contributed by atoms with E-state index >= 15 is 0 Å². The van der Waals surface area contributed by atoms with Gasteiger partial charge >= 0.3 is 0 Å². The number of piperazine rings is 1. The Kier molecular flexibility index (Phi) is 7.87. The number of nitrogens with zero attached hydrogens (tertiary/aromatic N) is 5. The van der Waals surface area contributed by atoms with Gasteiger partial charge in [0.2, 0.25) is 5.91 Å². The van der Waals surface area contributed by atoms with E-state index in [0.29, 0.717) is 13.0 Å². The number of carbonyl (C=O) groups excluding carboxylic acids is 1. The lowest BCUT2D eigenvalue weighted by Crippen LogP contribution is -2.48. The molecule has 2 rings (SSSR count). The summed E-state index contributed by atoms with van der Waals surface area (Å²) < 4.78 is 0. The Bertz CT molecular complexity index is 672. The van der Waals surface area contributed by atoms with Gasteiger partial charge in [-0.25, -0.2) is 0 Å². The summed E-state index contributed by atoms with van der Waals surface area (Å²) in [7, 11) is 0. The van der Waals surface area contributed by atoms with Crippen molar-refractivity contribution in [2.24, 2.45) is 0 Å². The minimum absolute atomic E-state index is 0.0322. The van der Waals surface area contributed by atoms with Gasteiger partial charge in [0.05, 0.1) is 12.1 Å². The standard InChI is InChI=1S/C19H24ClN5O/c1-16(17-4-2-3-5-18(17)20)24-14-12-23(13-15-24)9-6-19(26)25(10-7-21)11-8-22/h2-5,16H,6,9-15H2,1H3/t16-/m0/s1. The molecule has 1 aliphatic rings. The fraction of sp³-hybridized carbons (Fsp3) is 0.526. The number of rotatable bonds is 7. The highest BCUT2D eigenvalue weighted by Crippen LogP contribution is 2.27. The van der Waals surface area contributed by atoms with Crippen LogP contribution in [0.4, 0.5) is 0 Å². The molecular weight excluding hydrogens is 350 g/mol. The first-order valence-electron chi connectivity index (χ1n) is 8.79. The molecule has 1 fully saturated rings. The lowest BCUT2D eigenvalue weighted by atomic mass is 10.1. The number of carbonyl (C=O) groups is 1. The Morgan fingerprint density at radius 2 is 1.81 bits per heavy atom. The summed E-state index contributed by atoms with van der Waals surface area (Å²) in [6, 6.07) is 12.1. The first-order chi connectivity index (χ1) is 12.6. The predicted molar refractivity (Wildman–Crippen MR) is 100 cm³/mol. The largest absolute Gasteiger partial charge is 0.316 e. The van der Waals surface area contributed by atoms with E-state index in [0.717, 1.165) is 36.8 Å². The maximum atomic E-state index is 12.1. The van der Waals surface area contributed by atoms with Crippen LogP contribution in [0, 0.1) is 22.7 Å². The summed E-state index contributed by atoms with van der Waals surface area (Å²) in [6.07, 6.45) is 0.337. The maximum Gasteiger partial charge on any atom is 0.225 e. The minimum Gasteiger partial charge on any atom is -0.316 e. The Morgan fingerprint density at radius 3 is 2.38 bits per heavy atom. The summed E-state index contributed by atoms with van der Waals surface area (Å²) in [6.45, 7) is 6.37. The first-order valence-corrected chi connectivity index (χ1v) is 9.17. The van der Waals surface area contributed by atoms with Gasteiger partial charge in [0.1, 0.15) is 13.1 Å². The van der Waals surface area contributed by atoms with Crippen molar-refractivity contribution < 1.29 is 4.79 Å². The summed E-state index contributed by atoms with van der Waals surface area (Å²) >= 11 is 6.31. The molecule has 0 radical (unpaired) electrons. The molecule has 138 valence electrons. The third-order valence-electron chi connectivity index (χ3n) is 4.83. The van der Waals surface area contributed by atoms with Gasteiger partial charge in [-0.3, -0.25) is 9.69 Å². The number of nitriles is 2. The Morgan fingerprint density at radius 1 is 1.19 bits per heavy atom. The summed E-state index contributed by atoms with van der Waals surface area (Å²) in [4.78, 5) is 18.1. The van der Waals surface area contributed by atoms with Crippen LogP contribution in [0.15, 0.2) is 24.3 Å². The van der Waals surface area contributed by atoms with Crippen molar-refractivity contribution in [3.63, 3.8) is 0 Å². The molecule has 0 aliphatic carbocycles. The van der Waals surface area contributed by atoms with E-state index in [4.69, 9.17) is 22.1 Å². The average molecular weight is 374 g/mol. The molecule has 1 aromatic carbocycles. The fourth-order valence-corrected chi connectivity index (χ4v) is 3.49. The molecule has 0 spiro atoms. The van der Waals surface area contributed by atoms with Crippen molar-refractivity contribution in [2.45, 2.75) is 19.4 Å². The molecule has 1 amide bonds. The molecule has 6 nitrogen and oxygen atoms in total. The highest BCUT2D eigenvalue weighted by atomic mass is 35.5. The molecule has 1 aromatic rings. The Balaban J connectivity index is 1.80. The summed E-state index contributed by atoms with van der Waals surface area (Å²) in [5.74, 6) is -0.139. The summed E-state index contributed by atoms with van der Waals surface area (Å²) in [5, 5.41) is 18.3. The maximum absolute atomic E-state index is 12.1. The molecular formula is C19H24ClN5O. The van der Waals surface area contributed by atoms with Crippen molar-refractivity contribution >= 4 is 17.5 Å². The quantitative estimate of drug-likeness (QED) is 0.685. The van der Waals surface area contributed by atoms with Gasteiger partial charge in [-0.1, -0.05) is 29.8 Å². The van der Waals surface area contributed by atoms with E-state index in [1.54, 1.807) is 0 Å². The number of amides is 1. The van der Waals surface area contributed by atoms with Crippen LogP contribution in [0.1, 0.15) is 24.9 Å². The van der Waals surface area contributed by atoms with Crippen LogP contribution in [0.25, 0.3) is 0 Å². The number of hydrogen-bond acceptors (Lipinski definition) is 5. The lowest BCUT2D eigenvalue weighted by Gasteiger charge is -2.38. The number of halogens is 1. The fourth-order valence-electron chi connectivity index (χ4n) is 3.20. The zero-order valence-electron chi connectivity index (χ0n) is 15.1. The topological polar surface area (TPSA) is 74.4 Å². The second-order valence-electron chi connectivity index (χ2n) is 6.39. The second kappa shape index (κ2) is 10.1. The van der Waals surface area contributed by atoms with Crippen LogP contribution in [0.2, 0.25) is 5.02 Å². The highest BCUT2D eigenvalue weighted by molar-refractivity contribution is 6.31. The van der Waals surface area contributed by atoms with E-state index in [2.05, 4.69) is 22.8 Å². The van der Waals surface area contributed by atoms with Gasteiger partial charge in [-0.05, 0) is 18.6 Å². The van der Waals surface area contributed by atoms with Crippen molar-refractivity contribution in [1.82, 2.24) is 14.7 Å². The van der Waals surface area contributed by atoms with Crippen LogP contribution >= 0.6 is 11.6 Å². The number of benzene rings is 1. The molecule has 1 saturated heterocycles. The Hall–Kier alpha value is -2.12. The third-order valence-corrected chi connectivity index (χ3v) is 5.17. The molecule has 1 heterocycles. The molecule has 0 bridgehead atoms. The SMILES string of the molecule is C[C@@H](c1ccccc1Cl)N1CCN(CCC(=O)N(CC#N)CC#N)CC1. The van der Waals surface area contributed by atoms with Crippen LogP contribution in [0.5, 0.6) is 0 Å². The van der Waals surface area contributed by atoms with Gasteiger partial charge in [0.15, 0.2) is 0 Å². The van der Waals surface area contributed by atoms with Gasteiger partial charge in [-0.15, -0.1) is 0 Å². The average Bonchev–Trinajstić information content (AvgIpc) is 2.66. The van der Waals surface area contributed by atoms with Gasteiger partial charge < -0.3 is 9.80 Å². The lowest BCUT2D eigenvalue weighted by molar-refractivity contribution is -0.130. The minimum atomic E-state index is -0.139. The molecule has 0 unspecified atom stereocenters. The van der Waals surface area contributed by atoms with Crippen molar-refractivity contribution in [2.75, 3.05) is 45.8 Å². The molecule has 7 heteroatoms. The van der Waals surface area contributed by atoms with Gasteiger partial charge in [0.25, 0.3) is 0 Å². The van der Waals surface area contributed by atoms with Gasteiger partial charge in [-0.2, -0.15) is 10.5 Å². The number of hydrogen-bond donors (Lipinski definition) is 0. The van der Waals surface area contributed by atoms with Crippen LogP contribution < -0.4 is 0 Å². The molecule has 0 aromatic heterocycles. The zero-order valence-corrected chi connectivity index (χ0v) is 15.8. The van der Waals surface area contributed by atoms with Crippen LogP contribution in [-0.2, 0) is 4.79 Å². The Labute approximate surface area is 160 Å².